The molecule has 36 heavy (non-hydrogen) atoms. The van der Waals surface area contributed by atoms with Crippen LogP contribution in [0.4, 0.5) is 17.2 Å². The number of nitrogens with one attached hydrogen (secondary N) is 1. The Hall–Kier alpha value is -3.20. The molecule has 4 saturated carbocycles. The lowest BCUT2D eigenvalue weighted by atomic mass is 9.52. The zero-order chi connectivity index (χ0) is 25.0. The maximum Gasteiger partial charge on any atom is 0.270 e. The fraction of sp³-hybridized carbons (Fsp3) is 0.556. The second-order valence-electron chi connectivity index (χ2n) is 11.3. The Morgan fingerprint density at radius 2 is 1.83 bits per heavy atom. The number of non-ortho nitro benzene ring substituents is 1. The van der Waals surface area contributed by atoms with E-state index in [1.165, 1.54) is 0 Å². The average Bonchev–Trinajstić information content (AvgIpc) is 2.85. The van der Waals surface area contributed by atoms with Crippen molar-refractivity contribution in [2.24, 2.45) is 17.8 Å². The van der Waals surface area contributed by atoms with Crippen molar-refractivity contribution in [2.75, 3.05) is 29.4 Å². The van der Waals surface area contributed by atoms with Gasteiger partial charge in [0.25, 0.3) is 11.6 Å². The smallest absolute Gasteiger partial charge is 0.270 e. The molecule has 0 radical (unpaired) electrons. The second kappa shape index (κ2) is 8.73. The topological polar surface area (TPSA) is 112 Å². The van der Waals surface area contributed by atoms with E-state index in [0.717, 1.165) is 63.2 Å². The number of piperazine rings is 1. The molecule has 7 rings (SSSR count). The van der Waals surface area contributed by atoms with Crippen LogP contribution in [0.1, 0.15) is 49.5 Å². The van der Waals surface area contributed by atoms with Crippen molar-refractivity contribution in [1.29, 1.82) is 0 Å². The summed E-state index contributed by atoms with van der Waals surface area (Å²) in [5.41, 5.74) is 0.982. The first-order valence-corrected chi connectivity index (χ1v) is 13.0. The van der Waals surface area contributed by atoms with E-state index in [-0.39, 0.29) is 28.6 Å². The molecule has 1 aromatic heterocycles. The summed E-state index contributed by atoms with van der Waals surface area (Å²) in [5.74, 6) is 1.99. The van der Waals surface area contributed by atoms with Gasteiger partial charge in [0.15, 0.2) is 0 Å². The van der Waals surface area contributed by atoms with Crippen LogP contribution in [0.3, 0.4) is 0 Å². The van der Waals surface area contributed by atoms with Crippen molar-refractivity contribution in [2.45, 2.75) is 56.7 Å². The first-order chi connectivity index (χ1) is 17.3. The van der Waals surface area contributed by atoms with Crippen LogP contribution in [-0.2, 0) is 0 Å². The minimum absolute atomic E-state index is 0.0919. The third-order valence-electron chi connectivity index (χ3n) is 8.85. The summed E-state index contributed by atoms with van der Waals surface area (Å²) >= 11 is 0. The van der Waals surface area contributed by atoms with Gasteiger partial charge in [0, 0.05) is 49.5 Å². The number of hydrogen-bond acceptors (Lipinski definition) is 7. The van der Waals surface area contributed by atoms with Crippen molar-refractivity contribution in [1.82, 2.24) is 10.3 Å². The van der Waals surface area contributed by atoms with Gasteiger partial charge in [-0.3, -0.25) is 14.9 Å². The van der Waals surface area contributed by atoms with E-state index in [1.54, 1.807) is 30.3 Å². The van der Waals surface area contributed by atoms with Crippen LogP contribution in [0, 0.1) is 27.9 Å². The zero-order valence-corrected chi connectivity index (χ0v) is 20.5. The summed E-state index contributed by atoms with van der Waals surface area (Å²) in [4.78, 5) is 33.0. The van der Waals surface area contributed by atoms with Crippen molar-refractivity contribution in [3.05, 3.63) is 58.3 Å². The SMILES string of the molecule is C[C@@H]1CN(c2ccc([N+](=O)[O-])cc2)CCN1c1cccc(C(=O)N[C@H]2C3CC4CC2C[C@](O)(C4)C3)n1. The summed E-state index contributed by atoms with van der Waals surface area (Å²) in [6, 6.07) is 12.6. The Balaban J connectivity index is 1.11. The highest BCUT2D eigenvalue weighted by atomic mass is 16.6. The molecular weight excluding hydrogens is 458 g/mol. The number of nitro groups is 1. The molecule has 0 spiro atoms. The fourth-order valence-electron chi connectivity index (χ4n) is 7.47. The van der Waals surface area contributed by atoms with E-state index in [9.17, 15) is 20.0 Å². The first kappa shape index (κ1) is 23.2. The molecule has 1 aliphatic heterocycles. The van der Waals surface area contributed by atoms with Crippen LogP contribution in [0.2, 0.25) is 0 Å². The number of rotatable bonds is 5. The lowest BCUT2D eigenvalue weighted by Gasteiger charge is -2.58. The molecule has 2 unspecified atom stereocenters. The summed E-state index contributed by atoms with van der Waals surface area (Å²) in [6.07, 6.45) is 4.74. The molecule has 4 aliphatic carbocycles. The number of carbonyl (C=O) groups is 1. The Kier molecular flexibility index (Phi) is 5.63. The molecule has 9 nitrogen and oxygen atoms in total. The van der Waals surface area contributed by atoms with Crippen LogP contribution >= 0.6 is 0 Å². The molecule has 2 heterocycles. The molecule has 190 valence electrons. The molecule has 1 amide bonds. The number of benzene rings is 1. The number of aliphatic hydroxyl groups is 1. The van der Waals surface area contributed by atoms with Gasteiger partial charge in [0.2, 0.25) is 0 Å². The van der Waals surface area contributed by atoms with Crippen LogP contribution in [-0.4, -0.2) is 58.2 Å². The van der Waals surface area contributed by atoms with Gasteiger partial charge in [0.05, 0.1) is 10.5 Å². The van der Waals surface area contributed by atoms with Gasteiger partial charge >= 0.3 is 0 Å². The summed E-state index contributed by atoms with van der Waals surface area (Å²) in [5, 5.41) is 25.1. The van der Waals surface area contributed by atoms with Crippen LogP contribution in [0.15, 0.2) is 42.5 Å². The minimum atomic E-state index is -0.511. The summed E-state index contributed by atoms with van der Waals surface area (Å²) < 4.78 is 0. The molecule has 1 aromatic carbocycles. The molecule has 9 heteroatoms. The van der Waals surface area contributed by atoms with E-state index in [2.05, 4.69) is 22.0 Å². The van der Waals surface area contributed by atoms with Gasteiger partial charge in [-0.1, -0.05) is 6.07 Å². The Bertz CT molecular complexity index is 1160. The lowest BCUT2D eigenvalue weighted by Crippen LogP contribution is -2.61. The van der Waals surface area contributed by atoms with Crippen LogP contribution in [0.5, 0.6) is 0 Å². The summed E-state index contributed by atoms with van der Waals surface area (Å²) in [7, 11) is 0. The second-order valence-corrected chi connectivity index (χ2v) is 11.3. The van der Waals surface area contributed by atoms with Crippen molar-refractivity contribution in [3.63, 3.8) is 0 Å². The largest absolute Gasteiger partial charge is 0.390 e. The van der Waals surface area contributed by atoms with E-state index in [4.69, 9.17) is 4.98 Å². The minimum Gasteiger partial charge on any atom is -0.390 e. The quantitative estimate of drug-likeness (QED) is 0.487. The standard InChI is InChI=1S/C27H33N5O4/c1-17-16-30(21-5-7-22(8-6-21)32(35)36)9-10-31(17)24-4-2-3-23(28-24)26(33)29-25-19-11-18-12-20(25)15-27(34,13-18)14-19/h2-8,17-20,25,34H,9-16H2,1H3,(H,29,33)/t17-,18?,19?,20?,25-,27-/m1/s1. The van der Waals surface area contributed by atoms with Crippen molar-refractivity contribution in [3.8, 4) is 0 Å². The number of nitro benzene ring substituents is 1. The third-order valence-corrected chi connectivity index (χ3v) is 8.85. The molecule has 5 aliphatic rings. The lowest BCUT2D eigenvalue weighted by molar-refractivity contribution is -0.384. The van der Waals surface area contributed by atoms with Gasteiger partial charge in [-0.05, 0) is 81.0 Å². The van der Waals surface area contributed by atoms with E-state index < -0.39 is 5.60 Å². The summed E-state index contributed by atoms with van der Waals surface area (Å²) in [6.45, 7) is 4.38. The predicted molar refractivity (Wildman–Crippen MR) is 136 cm³/mol. The van der Waals surface area contributed by atoms with Gasteiger partial charge in [-0.2, -0.15) is 0 Å². The number of nitrogens with zero attached hydrogens (tertiary/aromatic N) is 4. The molecule has 1 saturated heterocycles. The number of carbonyl (C=O) groups excluding carboxylic acids is 1. The first-order valence-electron chi connectivity index (χ1n) is 13.0. The van der Waals surface area contributed by atoms with Crippen LogP contribution < -0.4 is 15.1 Å². The van der Waals surface area contributed by atoms with Gasteiger partial charge < -0.3 is 20.2 Å². The van der Waals surface area contributed by atoms with Gasteiger partial charge in [0.1, 0.15) is 11.5 Å². The monoisotopic (exact) mass is 491 g/mol. The normalized spacial score (nSPS) is 33.0. The molecule has 3 atom stereocenters. The van der Waals surface area contributed by atoms with E-state index in [0.29, 0.717) is 23.4 Å². The highest BCUT2D eigenvalue weighted by molar-refractivity contribution is 5.93. The number of anilines is 2. The highest BCUT2D eigenvalue weighted by Gasteiger charge is 2.55. The molecule has 5 fully saturated rings. The number of aromatic nitrogens is 1. The Morgan fingerprint density at radius 1 is 1.11 bits per heavy atom. The third kappa shape index (κ3) is 4.19. The number of amides is 1. The van der Waals surface area contributed by atoms with Crippen molar-refractivity contribution >= 4 is 23.1 Å². The maximum atomic E-state index is 13.2. The molecule has 2 N–H and O–H groups in total. The Morgan fingerprint density at radius 3 is 2.47 bits per heavy atom. The fourth-order valence-corrected chi connectivity index (χ4v) is 7.47. The molecular formula is C27H33N5O4. The zero-order valence-electron chi connectivity index (χ0n) is 20.5. The van der Waals surface area contributed by atoms with Crippen LogP contribution in [0.25, 0.3) is 0 Å². The average molecular weight is 492 g/mol. The Labute approximate surface area is 210 Å². The predicted octanol–water partition coefficient (Wildman–Crippen LogP) is 3.37. The van der Waals surface area contributed by atoms with Gasteiger partial charge in [-0.25, -0.2) is 4.98 Å². The molecule has 2 aromatic rings. The number of hydrogen-bond donors (Lipinski definition) is 2. The van der Waals surface area contributed by atoms with E-state index >= 15 is 0 Å². The molecule has 4 bridgehead atoms. The number of pyridine rings is 1. The van der Waals surface area contributed by atoms with Crippen molar-refractivity contribution < 1.29 is 14.8 Å². The maximum absolute atomic E-state index is 13.2. The van der Waals surface area contributed by atoms with E-state index in [1.807, 2.05) is 12.1 Å². The van der Waals surface area contributed by atoms with Gasteiger partial charge in [-0.15, -0.1) is 0 Å². The highest BCUT2D eigenvalue weighted by Crippen LogP contribution is 2.55.